The van der Waals surface area contributed by atoms with Gasteiger partial charge in [-0.25, -0.2) is 0 Å². The van der Waals surface area contributed by atoms with Gasteiger partial charge in [0.2, 0.25) is 0 Å². The fourth-order valence-corrected chi connectivity index (χ4v) is 8.48. The van der Waals surface area contributed by atoms with E-state index < -0.39 is 23.8 Å². The molecule has 0 spiro atoms. The molecule has 0 aliphatic rings. The summed E-state index contributed by atoms with van der Waals surface area (Å²) in [5.41, 5.74) is 4.39. The van der Waals surface area contributed by atoms with Gasteiger partial charge in [-0.3, -0.25) is 9.59 Å². The number of hydrogen-bond donors (Lipinski definition) is 2. The molecule has 0 fully saturated rings. The highest BCUT2D eigenvalue weighted by Gasteiger charge is 2.28. The third-order valence-corrected chi connectivity index (χ3v) is 10.7. The first-order valence-corrected chi connectivity index (χ1v) is 16.7. The molecule has 4 aromatic rings. The zero-order valence-corrected chi connectivity index (χ0v) is 25.3. The van der Waals surface area contributed by atoms with E-state index >= 15 is 0 Å². The van der Waals surface area contributed by atoms with E-state index in [2.05, 4.69) is 24.3 Å². The van der Waals surface area contributed by atoms with Gasteiger partial charge in [-0.05, 0) is 60.8 Å². The van der Waals surface area contributed by atoms with E-state index in [4.69, 9.17) is 0 Å². The second-order valence-corrected chi connectivity index (χ2v) is 13.6. The highest BCUT2D eigenvalue weighted by molar-refractivity contribution is 8.77. The van der Waals surface area contributed by atoms with E-state index in [1.54, 1.807) is 21.6 Å². The van der Waals surface area contributed by atoms with Crippen LogP contribution in [0.3, 0.4) is 0 Å². The summed E-state index contributed by atoms with van der Waals surface area (Å²) in [5.74, 6) is -2.58. The maximum Gasteiger partial charge on any atom is 0.306 e. The van der Waals surface area contributed by atoms with Gasteiger partial charge in [-0.1, -0.05) is 143 Å². The van der Waals surface area contributed by atoms with Crippen LogP contribution in [-0.4, -0.2) is 32.7 Å². The highest BCUT2D eigenvalue weighted by Crippen LogP contribution is 2.40. The molecule has 0 aromatic heterocycles. The lowest BCUT2D eigenvalue weighted by atomic mass is 9.93. The van der Waals surface area contributed by atoms with E-state index in [1.807, 2.05) is 97.1 Å². The number of hydrogen-bond acceptors (Lipinski definition) is 4. The first-order chi connectivity index (χ1) is 20.5. The van der Waals surface area contributed by atoms with E-state index in [0.29, 0.717) is 25.7 Å². The molecule has 4 unspecified atom stereocenters. The number of rotatable bonds is 17. The fraction of sp³-hybridized carbons (Fsp3) is 0.278. The lowest BCUT2D eigenvalue weighted by Gasteiger charge is -2.25. The smallest absolute Gasteiger partial charge is 0.306 e. The molecule has 0 heterocycles. The minimum atomic E-state index is -0.780. The molecule has 2 N–H and O–H groups in total. The van der Waals surface area contributed by atoms with Crippen LogP contribution >= 0.6 is 21.6 Å². The second-order valence-electron chi connectivity index (χ2n) is 10.7. The van der Waals surface area contributed by atoms with Gasteiger partial charge >= 0.3 is 11.9 Å². The predicted molar refractivity (Wildman–Crippen MR) is 175 cm³/mol. The number of carboxylic acid groups (broad SMARTS) is 2. The Morgan fingerprint density at radius 2 is 0.714 bits per heavy atom. The molecule has 218 valence electrons. The van der Waals surface area contributed by atoms with Crippen molar-refractivity contribution in [3.05, 3.63) is 144 Å². The molecule has 0 amide bonds. The SMILES string of the molecule is O=C(O)C(Cc1ccccc1)CC(Cc1ccccc1)SSC(Cc1ccccc1)CC(Cc1ccccc1)C(=O)O. The van der Waals surface area contributed by atoms with Crippen molar-refractivity contribution in [2.75, 3.05) is 0 Å². The average Bonchev–Trinajstić information content (AvgIpc) is 3.01. The number of carboxylic acids is 2. The molecule has 4 rings (SSSR count). The summed E-state index contributed by atoms with van der Waals surface area (Å²) in [4.78, 5) is 24.8. The predicted octanol–water partition coefficient (Wildman–Crippen LogP) is 8.26. The summed E-state index contributed by atoms with van der Waals surface area (Å²) in [6, 6.07) is 40.0. The van der Waals surface area contributed by atoms with Gasteiger partial charge in [0.25, 0.3) is 0 Å². The Morgan fingerprint density at radius 3 is 0.976 bits per heavy atom. The summed E-state index contributed by atoms with van der Waals surface area (Å²) >= 11 is 0. The number of benzene rings is 4. The highest BCUT2D eigenvalue weighted by atomic mass is 33.1. The zero-order chi connectivity index (χ0) is 29.6. The normalized spacial score (nSPS) is 14.0. The molecule has 0 aliphatic heterocycles. The van der Waals surface area contributed by atoms with Crippen molar-refractivity contribution in [1.82, 2.24) is 0 Å². The van der Waals surface area contributed by atoms with Gasteiger partial charge in [0.05, 0.1) is 11.8 Å². The summed E-state index contributed by atoms with van der Waals surface area (Å²) in [5, 5.41) is 20.4. The zero-order valence-electron chi connectivity index (χ0n) is 23.6. The van der Waals surface area contributed by atoms with Crippen LogP contribution in [0.15, 0.2) is 121 Å². The van der Waals surface area contributed by atoms with Crippen molar-refractivity contribution in [1.29, 1.82) is 0 Å². The van der Waals surface area contributed by atoms with Crippen LogP contribution in [0, 0.1) is 11.8 Å². The molecule has 0 radical (unpaired) electrons. The Bertz CT molecular complexity index is 1240. The summed E-state index contributed by atoms with van der Waals surface area (Å²) in [7, 11) is 3.44. The minimum Gasteiger partial charge on any atom is -0.481 e. The van der Waals surface area contributed by atoms with Crippen molar-refractivity contribution < 1.29 is 19.8 Å². The van der Waals surface area contributed by atoms with E-state index in [-0.39, 0.29) is 10.5 Å². The molecule has 0 bridgehead atoms. The van der Waals surface area contributed by atoms with Crippen LogP contribution in [0.2, 0.25) is 0 Å². The first-order valence-electron chi connectivity index (χ1n) is 14.4. The van der Waals surface area contributed by atoms with Crippen LogP contribution in [0.1, 0.15) is 35.1 Å². The molecule has 4 aromatic carbocycles. The average molecular weight is 599 g/mol. The standard InChI is InChI=1S/C36H38O4S2/c37-35(38)31(21-27-13-5-1-6-14-27)25-33(23-29-17-9-3-10-18-29)41-42-34(24-30-19-11-4-12-20-30)26-32(36(39)40)22-28-15-7-2-8-16-28/h1-20,31-34H,21-26H2,(H,37,38)(H,39,40). The van der Waals surface area contributed by atoms with Gasteiger partial charge < -0.3 is 10.2 Å². The van der Waals surface area contributed by atoms with Crippen molar-refractivity contribution in [2.45, 2.75) is 49.0 Å². The molecule has 0 saturated carbocycles. The van der Waals surface area contributed by atoms with Crippen LogP contribution in [-0.2, 0) is 35.3 Å². The monoisotopic (exact) mass is 598 g/mol. The maximum atomic E-state index is 12.4. The van der Waals surface area contributed by atoms with Gasteiger partial charge in [0.1, 0.15) is 0 Å². The van der Waals surface area contributed by atoms with Crippen LogP contribution in [0.4, 0.5) is 0 Å². The third kappa shape index (κ3) is 10.7. The molecule has 4 atom stereocenters. The molecule has 0 saturated heterocycles. The molecule has 4 nitrogen and oxygen atoms in total. The number of carbonyl (C=O) groups is 2. The Morgan fingerprint density at radius 1 is 0.452 bits per heavy atom. The van der Waals surface area contributed by atoms with Gasteiger partial charge in [0.15, 0.2) is 0 Å². The van der Waals surface area contributed by atoms with Crippen molar-refractivity contribution in [3.8, 4) is 0 Å². The quantitative estimate of drug-likeness (QED) is 0.119. The van der Waals surface area contributed by atoms with Gasteiger partial charge in [0, 0.05) is 10.5 Å². The lowest BCUT2D eigenvalue weighted by molar-refractivity contribution is -0.142. The van der Waals surface area contributed by atoms with Crippen LogP contribution in [0.25, 0.3) is 0 Å². The van der Waals surface area contributed by atoms with Crippen molar-refractivity contribution in [3.63, 3.8) is 0 Å². The minimum absolute atomic E-state index is 0.0536. The van der Waals surface area contributed by atoms with Gasteiger partial charge in [-0.2, -0.15) is 0 Å². The topological polar surface area (TPSA) is 74.6 Å². The molecule has 42 heavy (non-hydrogen) atoms. The van der Waals surface area contributed by atoms with Crippen LogP contribution in [0.5, 0.6) is 0 Å². The summed E-state index contributed by atoms with van der Waals surface area (Å²) in [6.07, 6.45) is 3.53. The van der Waals surface area contributed by atoms with Gasteiger partial charge in [-0.15, -0.1) is 0 Å². The Kier molecular flexibility index (Phi) is 12.6. The molecule has 0 aliphatic carbocycles. The van der Waals surface area contributed by atoms with Crippen molar-refractivity contribution >= 4 is 33.5 Å². The first kappa shape index (κ1) is 31.5. The second kappa shape index (κ2) is 16.8. The largest absolute Gasteiger partial charge is 0.481 e. The summed E-state index contributed by atoms with van der Waals surface area (Å²) < 4.78 is 0. The van der Waals surface area contributed by atoms with Crippen LogP contribution < -0.4 is 0 Å². The fourth-order valence-electron chi connectivity index (χ4n) is 5.20. The Hall–Kier alpha value is -3.48. The Balaban J connectivity index is 1.52. The van der Waals surface area contributed by atoms with Crippen molar-refractivity contribution in [2.24, 2.45) is 11.8 Å². The molecular formula is C36H38O4S2. The van der Waals surface area contributed by atoms with E-state index in [0.717, 1.165) is 24.0 Å². The Labute approximate surface area is 257 Å². The third-order valence-electron chi connectivity index (χ3n) is 7.38. The summed E-state index contributed by atoms with van der Waals surface area (Å²) in [6.45, 7) is 0. The molecular weight excluding hydrogens is 561 g/mol. The lowest BCUT2D eigenvalue weighted by Crippen LogP contribution is -2.24. The van der Waals surface area contributed by atoms with E-state index in [1.165, 1.54) is 11.1 Å². The molecule has 6 heteroatoms. The maximum absolute atomic E-state index is 12.4. The number of aliphatic carboxylic acids is 2. The van der Waals surface area contributed by atoms with E-state index in [9.17, 15) is 19.8 Å².